The summed E-state index contributed by atoms with van der Waals surface area (Å²) < 4.78 is 0. The quantitative estimate of drug-likeness (QED) is 0.615. The van der Waals surface area contributed by atoms with Crippen LogP contribution in [0.25, 0.3) is 0 Å². The average Bonchev–Trinajstić information content (AvgIpc) is 2.83. The fraction of sp³-hybridized carbons (Fsp3) is 0.500. The summed E-state index contributed by atoms with van der Waals surface area (Å²) in [6.07, 6.45) is 5.13. The van der Waals surface area contributed by atoms with Gasteiger partial charge in [-0.25, -0.2) is 9.97 Å². The normalized spacial score (nSPS) is 18.0. The highest BCUT2D eigenvalue weighted by molar-refractivity contribution is 5.92. The van der Waals surface area contributed by atoms with Crippen molar-refractivity contribution >= 4 is 18.1 Å². The van der Waals surface area contributed by atoms with E-state index in [9.17, 15) is 9.59 Å². The first-order valence-corrected chi connectivity index (χ1v) is 11.5. The van der Waals surface area contributed by atoms with E-state index in [1.54, 1.807) is 11.0 Å². The first-order valence-electron chi connectivity index (χ1n) is 11.5. The Kier molecular flexibility index (Phi) is 7.32. The van der Waals surface area contributed by atoms with Gasteiger partial charge in [-0.3, -0.25) is 14.5 Å². The minimum Gasteiger partial charge on any atom is -0.367 e. The summed E-state index contributed by atoms with van der Waals surface area (Å²) >= 11 is 0. The van der Waals surface area contributed by atoms with Crippen LogP contribution in [0.5, 0.6) is 0 Å². The minimum atomic E-state index is -0.179. The largest absolute Gasteiger partial charge is 0.367 e. The summed E-state index contributed by atoms with van der Waals surface area (Å²) in [6, 6.07) is 10.6. The van der Waals surface area contributed by atoms with E-state index in [0.717, 1.165) is 58.4 Å². The van der Waals surface area contributed by atoms with Gasteiger partial charge in [-0.05, 0) is 36.3 Å². The van der Waals surface area contributed by atoms with Crippen LogP contribution < -0.4 is 10.6 Å². The zero-order valence-corrected chi connectivity index (χ0v) is 18.7. The minimum absolute atomic E-state index is 0.179. The second-order valence-electron chi connectivity index (χ2n) is 8.92. The third-order valence-corrected chi connectivity index (χ3v) is 6.32. The number of hydrogen-bond donors (Lipinski definition) is 2. The second kappa shape index (κ2) is 10.5. The molecule has 170 valence electrons. The van der Waals surface area contributed by atoms with Gasteiger partial charge in [0.05, 0.1) is 0 Å². The molecule has 8 nitrogen and oxygen atoms in total. The number of anilines is 1. The number of benzene rings is 1. The third-order valence-electron chi connectivity index (χ3n) is 6.32. The van der Waals surface area contributed by atoms with Crippen LogP contribution in [0.3, 0.4) is 0 Å². The van der Waals surface area contributed by atoms with Crippen molar-refractivity contribution in [3.63, 3.8) is 0 Å². The Labute approximate surface area is 189 Å². The Balaban J connectivity index is 1.23. The highest BCUT2D eigenvalue weighted by Crippen LogP contribution is 2.19. The number of amides is 2. The summed E-state index contributed by atoms with van der Waals surface area (Å²) in [5.74, 6) is 0.809. The van der Waals surface area contributed by atoms with E-state index in [0.29, 0.717) is 24.0 Å². The fourth-order valence-electron chi connectivity index (χ4n) is 4.49. The zero-order chi connectivity index (χ0) is 22.3. The lowest BCUT2D eigenvalue weighted by molar-refractivity contribution is -0.118. The van der Waals surface area contributed by atoms with Crippen LogP contribution in [0.2, 0.25) is 0 Å². The lowest BCUT2D eigenvalue weighted by Crippen LogP contribution is -2.38. The van der Waals surface area contributed by atoms with Gasteiger partial charge in [0.1, 0.15) is 17.8 Å². The van der Waals surface area contributed by atoms with Crippen LogP contribution in [0.4, 0.5) is 5.82 Å². The molecule has 0 radical (unpaired) electrons. The fourth-order valence-corrected chi connectivity index (χ4v) is 4.49. The molecule has 2 amide bonds. The lowest BCUT2D eigenvalue weighted by Gasteiger charge is -2.31. The Morgan fingerprint density at radius 3 is 2.75 bits per heavy atom. The molecule has 1 saturated heterocycles. The molecule has 3 heterocycles. The van der Waals surface area contributed by atoms with Gasteiger partial charge < -0.3 is 15.5 Å². The molecule has 0 spiro atoms. The summed E-state index contributed by atoms with van der Waals surface area (Å²) in [6.45, 7) is 7.22. The molecule has 1 aromatic heterocycles. The van der Waals surface area contributed by atoms with Gasteiger partial charge in [0, 0.05) is 51.4 Å². The lowest BCUT2D eigenvalue weighted by atomic mass is 9.99. The Hall–Kier alpha value is -3.00. The highest BCUT2D eigenvalue weighted by atomic mass is 16.2. The zero-order valence-electron chi connectivity index (χ0n) is 18.7. The first kappa shape index (κ1) is 22.2. The molecular formula is C24H32N6O2. The molecule has 0 bridgehead atoms. The predicted octanol–water partition coefficient (Wildman–Crippen LogP) is 1.93. The number of carbonyl (C=O) groups excluding carboxylic acids is 2. The van der Waals surface area contributed by atoms with Crippen molar-refractivity contribution in [2.45, 2.75) is 38.8 Å². The number of likely N-dealkylation sites (tertiary alicyclic amines) is 1. The average molecular weight is 437 g/mol. The van der Waals surface area contributed by atoms with Crippen molar-refractivity contribution in [3.05, 3.63) is 53.5 Å². The molecule has 32 heavy (non-hydrogen) atoms. The number of aromatic nitrogens is 2. The number of fused-ring (bicyclic) bond motifs is 1. The van der Waals surface area contributed by atoms with Gasteiger partial charge in [0.25, 0.3) is 5.91 Å². The van der Waals surface area contributed by atoms with Gasteiger partial charge in [0.15, 0.2) is 0 Å². The van der Waals surface area contributed by atoms with Crippen molar-refractivity contribution in [3.8, 4) is 0 Å². The summed E-state index contributed by atoms with van der Waals surface area (Å²) in [5.41, 5.74) is 3.23. The molecular weight excluding hydrogens is 404 g/mol. The number of rotatable bonds is 8. The maximum atomic E-state index is 12.6. The molecule has 2 aliphatic rings. The number of hydrogen-bond acceptors (Lipinski definition) is 6. The summed E-state index contributed by atoms with van der Waals surface area (Å²) in [5, 5.41) is 6.39. The van der Waals surface area contributed by atoms with Crippen LogP contribution in [0.1, 0.15) is 41.4 Å². The monoisotopic (exact) mass is 436 g/mol. The van der Waals surface area contributed by atoms with Crippen molar-refractivity contribution < 1.29 is 9.59 Å². The molecule has 0 aliphatic carbocycles. The van der Waals surface area contributed by atoms with E-state index in [4.69, 9.17) is 0 Å². The number of carbonyl (C=O) groups is 2. The van der Waals surface area contributed by atoms with Gasteiger partial charge >= 0.3 is 0 Å². The molecule has 1 fully saturated rings. The Morgan fingerprint density at radius 1 is 1.19 bits per heavy atom. The van der Waals surface area contributed by atoms with Crippen molar-refractivity contribution in [2.24, 2.45) is 5.92 Å². The number of nitrogens with zero attached hydrogens (tertiary/aromatic N) is 4. The number of piperidine rings is 1. The van der Waals surface area contributed by atoms with E-state index < -0.39 is 0 Å². The van der Waals surface area contributed by atoms with Gasteiger partial charge in [-0.2, -0.15) is 0 Å². The van der Waals surface area contributed by atoms with Gasteiger partial charge in [0.2, 0.25) is 6.41 Å². The molecule has 2 N–H and O–H groups in total. The van der Waals surface area contributed by atoms with E-state index in [1.165, 1.54) is 17.5 Å². The van der Waals surface area contributed by atoms with Gasteiger partial charge in [-0.15, -0.1) is 0 Å². The van der Waals surface area contributed by atoms with E-state index in [1.807, 2.05) is 0 Å². The highest BCUT2D eigenvalue weighted by Gasteiger charge is 2.20. The SMILES string of the molecule is CC(CNC(=O)c1cc(NC2CCN(C=O)CC2)ncn1)CN1CCc2ccccc2C1. The molecule has 1 unspecified atom stereocenters. The molecule has 0 saturated carbocycles. The van der Waals surface area contributed by atoms with E-state index in [-0.39, 0.29) is 11.9 Å². The molecule has 1 atom stereocenters. The number of nitrogens with one attached hydrogen (secondary N) is 2. The van der Waals surface area contributed by atoms with E-state index >= 15 is 0 Å². The van der Waals surface area contributed by atoms with Crippen LogP contribution in [0.15, 0.2) is 36.7 Å². The van der Waals surface area contributed by atoms with Gasteiger partial charge in [-0.1, -0.05) is 31.2 Å². The first-order chi connectivity index (χ1) is 15.6. The predicted molar refractivity (Wildman–Crippen MR) is 123 cm³/mol. The van der Waals surface area contributed by atoms with Crippen molar-refractivity contribution in [1.82, 2.24) is 25.1 Å². The molecule has 2 aromatic rings. The molecule has 1 aromatic carbocycles. The van der Waals surface area contributed by atoms with E-state index in [2.05, 4.69) is 56.7 Å². The molecule has 2 aliphatic heterocycles. The second-order valence-corrected chi connectivity index (χ2v) is 8.92. The smallest absolute Gasteiger partial charge is 0.270 e. The van der Waals surface area contributed by atoms with Crippen LogP contribution in [0, 0.1) is 5.92 Å². The Bertz CT molecular complexity index is 928. The maximum Gasteiger partial charge on any atom is 0.270 e. The Morgan fingerprint density at radius 2 is 1.97 bits per heavy atom. The summed E-state index contributed by atoms with van der Waals surface area (Å²) in [4.78, 5) is 36.1. The van der Waals surface area contributed by atoms with Crippen LogP contribution in [-0.2, 0) is 17.8 Å². The van der Waals surface area contributed by atoms with Crippen molar-refractivity contribution in [2.75, 3.05) is 38.0 Å². The maximum absolute atomic E-state index is 12.6. The van der Waals surface area contributed by atoms with Crippen LogP contribution in [-0.4, -0.2) is 70.9 Å². The van der Waals surface area contributed by atoms with Crippen molar-refractivity contribution in [1.29, 1.82) is 0 Å². The topological polar surface area (TPSA) is 90.5 Å². The van der Waals surface area contributed by atoms with Crippen LogP contribution >= 0.6 is 0 Å². The molecule has 4 rings (SSSR count). The summed E-state index contributed by atoms with van der Waals surface area (Å²) in [7, 11) is 0. The standard InChI is InChI=1S/C24H32N6O2/c1-18(14-30-9-6-19-4-2-3-5-20(19)15-30)13-25-24(32)22-12-23(27-16-26-22)28-21-7-10-29(17-31)11-8-21/h2-5,12,16-18,21H,6-11,13-15H2,1H3,(H,25,32)(H,26,27,28). The molecule has 8 heteroatoms. The third kappa shape index (κ3) is 5.82.